The number of carbonyl (C=O) groups excluding carboxylic acids is 7. The first-order valence-corrected chi connectivity index (χ1v) is 18.1. The van der Waals surface area contributed by atoms with E-state index < -0.39 is 109 Å². The predicted octanol–water partition coefficient (Wildman–Crippen LogP) is -4.44. The summed E-state index contributed by atoms with van der Waals surface area (Å²) in [5.74, 6) is -7.11. The minimum Gasteiger partial charge on any atom is -0.508 e. The second kappa shape index (κ2) is 25.7. The van der Waals surface area contributed by atoms with E-state index in [0.29, 0.717) is 12.0 Å². The Morgan fingerprint density at radius 2 is 1.19 bits per heavy atom. The first-order chi connectivity index (χ1) is 26.8. The highest BCUT2D eigenvalue weighted by Gasteiger charge is 2.32. The molecule has 1 aromatic rings. The number of hydrogen-bond donors (Lipinski definition) is 12. The van der Waals surface area contributed by atoms with Gasteiger partial charge in [0.1, 0.15) is 42.0 Å². The van der Waals surface area contributed by atoms with Gasteiger partial charge in [0.05, 0.1) is 25.6 Å². The van der Waals surface area contributed by atoms with Gasteiger partial charge in [-0.05, 0) is 57.7 Å². The van der Waals surface area contributed by atoms with Crippen molar-refractivity contribution in [1.82, 2.24) is 37.2 Å². The summed E-state index contributed by atoms with van der Waals surface area (Å²) in [6.45, 7) is 3.56. The number of amides is 7. The summed E-state index contributed by atoms with van der Waals surface area (Å²) in [6, 6.07) is -3.26. The maximum Gasteiger partial charge on any atom is 0.305 e. The normalized spacial score (nSPS) is 14.7. The average molecular weight is 812 g/mol. The summed E-state index contributed by atoms with van der Waals surface area (Å²) >= 11 is 0. The fraction of sp³-hybridized carbons (Fsp3) is 0.600. The molecule has 0 unspecified atom stereocenters. The lowest BCUT2D eigenvalue weighted by atomic mass is 10.0. The number of carboxylic acids is 1. The van der Waals surface area contributed by atoms with E-state index in [1.165, 1.54) is 59.3 Å². The van der Waals surface area contributed by atoms with Crippen LogP contribution in [0, 0.1) is 0 Å². The largest absolute Gasteiger partial charge is 0.508 e. The van der Waals surface area contributed by atoms with E-state index in [0.717, 1.165) is 0 Å². The summed E-state index contributed by atoms with van der Waals surface area (Å²) in [7, 11) is 2.75. The Labute approximate surface area is 329 Å². The van der Waals surface area contributed by atoms with Gasteiger partial charge in [0.25, 0.3) is 0 Å². The van der Waals surface area contributed by atoms with Gasteiger partial charge in [-0.2, -0.15) is 0 Å². The van der Waals surface area contributed by atoms with E-state index in [1.54, 1.807) is 0 Å². The molecule has 0 spiro atoms. The smallest absolute Gasteiger partial charge is 0.305 e. The molecule has 0 heterocycles. The molecule has 0 radical (unpaired) electrons. The van der Waals surface area contributed by atoms with Crippen LogP contribution in [0.1, 0.15) is 52.0 Å². The van der Waals surface area contributed by atoms with Crippen LogP contribution in [0.3, 0.4) is 0 Å². The molecule has 57 heavy (non-hydrogen) atoms. The molecular formula is C35H57N9O13. The molecule has 7 amide bonds. The molecule has 320 valence electrons. The van der Waals surface area contributed by atoms with Crippen molar-refractivity contribution in [3.05, 3.63) is 29.8 Å². The summed E-state index contributed by atoms with van der Waals surface area (Å²) in [6.07, 6.45) is -1.22. The third-order valence-electron chi connectivity index (χ3n) is 8.29. The number of aliphatic hydroxyl groups excluding tert-OH is 1. The Morgan fingerprint density at radius 1 is 0.667 bits per heavy atom. The summed E-state index contributed by atoms with van der Waals surface area (Å²) in [5, 5.41) is 45.4. The number of unbranched alkanes of at least 4 members (excludes halogenated alkanes) is 1. The van der Waals surface area contributed by atoms with Crippen molar-refractivity contribution < 1.29 is 63.1 Å². The van der Waals surface area contributed by atoms with E-state index in [9.17, 15) is 48.6 Å². The van der Waals surface area contributed by atoms with Gasteiger partial charge in [-0.25, -0.2) is 0 Å². The first-order valence-electron chi connectivity index (χ1n) is 18.1. The SMILES string of the molecule is COC(CNC(=O)[C@H](C)NC(=O)[C@H](CCCCNC(=O)[C@@H](N)CO)NC(=O)[C@H](C)NC(=O)[C@H](CC(=O)O)NC(=O)[C@H](Cc1ccc(O)cc1)NC(=O)[C@H](C)N)OC. The van der Waals surface area contributed by atoms with Gasteiger partial charge < -0.3 is 73.5 Å². The van der Waals surface area contributed by atoms with Gasteiger partial charge in [-0.15, -0.1) is 0 Å². The van der Waals surface area contributed by atoms with Crippen LogP contribution in [-0.4, -0.2) is 145 Å². The molecule has 0 saturated carbocycles. The molecule has 0 aromatic heterocycles. The number of nitrogens with two attached hydrogens (primary N) is 2. The Kier molecular flexibility index (Phi) is 22.3. The molecule has 14 N–H and O–H groups in total. The third-order valence-corrected chi connectivity index (χ3v) is 8.29. The highest BCUT2D eigenvalue weighted by molar-refractivity contribution is 5.97. The van der Waals surface area contributed by atoms with Crippen LogP contribution in [0.25, 0.3) is 0 Å². The Morgan fingerprint density at radius 3 is 1.74 bits per heavy atom. The second-order valence-corrected chi connectivity index (χ2v) is 13.1. The minimum atomic E-state index is -1.73. The molecule has 1 rings (SSSR count). The lowest BCUT2D eigenvalue weighted by Gasteiger charge is -2.25. The topological polar surface area (TPSA) is 352 Å². The first kappa shape index (κ1) is 49.6. The molecule has 0 aliphatic carbocycles. The van der Waals surface area contributed by atoms with Gasteiger partial charge in [0.2, 0.25) is 41.4 Å². The molecular weight excluding hydrogens is 754 g/mol. The third kappa shape index (κ3) is 18.8. The molecule has 0 saturated heterocycles. The molecule has 0 aliphatic heterocycles. The lowest BCUT2D eigenvalue weighted by Crippen LogP contribution is -2.59. The number of aliphatic hydroxyl groups is 1. The number of ether oxygens (including phenoxy) is 2. The van der Waals surface area contributed by atoms with Crippen LogP contribution in [-0.2, 0) is 54.3 Å². The van der Waals surface area contributed by atoms with E-state index in [1.807, 2.05) is 0 Å². The van der Waals surface area contributed by atoms with E-state index in [-0.39, 0.29) is 38.1 Å². The number of phenolic OH excluding ortho intramolecular Hbond substituents is 1. The van der Waals surface area contributed by atoms with Crippen molar-refractivity contribution in [3.63, 3.8) is 0 Å². The van der Waals surface area contributed by atoms with Gasteiger partial charge in [-0.1, -0.05) is 12.1 Å². The standard InChI is InChI=1S/C35H57N9O13/c1-18(36)29(49)43-25(14-21-9-11-22(46)12-10-21)35(55)44-26(15-27(47)48)34(54)41-20(3)31(51)42-24(8-6-7-13-38-32(52)23(37)17-45)33(53)40-19(2)30(50)39-16-28(56-4)57-5/h9-12,18-20,23-26,28,45-46H,6-8,13-17,36-37H2,1-5H3,(H,38,52)(H,39,50)(H,40,53)(H,41,54)(H,42,51)(H,43,49)(H,44,55)(H,47,48)/t18-,19-,20-,23-,24-,25-,26-/m0/s1. The highest BCUT2D eigenvalue weighted by atomic mass is 16.7. The quantitative estimate of drug-likeness (QED) is 0.0310. The number of carbonyl (C=O) groups is 8. The molecule has 1 aromatic carbocycles. The zero-order valence-electron chi connectivity index (χ0n) is 32.7. The van der Waals surface area contributed by atoms with Crippen LogP contribution in [0.4, 0.5) is 0 Å². The summed E-state index contributed by atoms with van der Waals surface area (Å²) < 4.78 is 10.1. The Hall–Kier alpha value is -5.42. The molecule has 22 nitrogen and oxygen atoms in total. The van der Waals surface area contributed by atoms with Crippen molar-refractivity contribution in [1.29, 1.82) is 0 Å². The minimum absolute atomic E-state index is 0.00280. The van der Waals surface area contributed by atoms with E-state index in [4.69, 9.17) is 26.0 Å². The predicted molar refractivity (Wildman–Crippen MR) is 201 cm³/mol. The fourth-order valence-corrected chi connectivity index (χ4v) is 4.86. The summed E-state index contributed by atoms with van der Waals surface area (Å²) in [5.41, 5.74) is 11.6. The molecule has 22 heteroatoms. The summed E-state index contributed by atoms with van der Waals surface area (Å²) in [4.78, 5) is 102. The molecule has 0 aliphatic rings. The number of aromatic hydroxyl groups is 1. The van der Waals surface area contributed by atoms with Gasteiger partial charge in [0, 0.05) is 27.2 Å². The Balaban J connectivity index is 3.12. The number of carboxylic acid groups (broad SMARTS) is 1. The number of methoxy groups -OCH3 is 2. The van der Waals surface area contributed by atoms with Crippen molar-refractivity contribution in [2.24, 2.45) is 11.5 Å². The maximum absolute atomic E-state index is 13.4. The molecule has 0 fully saturated rings. The van der Waals surface area contributed by atoms with Gasteiger partial charge >= 0.3 is 5.97 Å². The number of rotatable bonds is 26. The van der Waals surface area contributed by atoms with Crippen molar-refractivity contribution in [3.8, 4) is 5.75 Å². The molecule has 0 bridgehead atoms. The van der Waals surface area contributed by atoms with Crippen molar-refractivity contribution >= 4 is 47.3 Å². The zero-order valence-corrected chi connectivity index (χ0v) is 32.7. The number of benzene rings is 1. The lowest BCUT2D eigenvalue weighted by molar-refractivity contribution is -0.141. The zero-order chi connectivity index (χ0) is 43.2. The van der Waals surface area contributed by atoms with Crippen LogP contribution in [0.5, 0.6) is 5.75 Å². The van der Waals surface area contributed by atoms with Crippen LogP contribution in [0.15, 0.2) is 24.3 Å². The van der Waals surface area contributed by atoms with E-state index in [2.05, 4.69) is 37.2 Å². The van der Waals surface area contributed by atoms with Gasteiger partial charge in [0.15, 0.2) is 6.29 Å². The second-order valence-electron chi connectivity index (χ2n) is 13.1. The number of nitrogens with one attached hydrogen (secondary N) is 7. The van der Waals surface area contributed by atoms with Crippen LogP contribution >= 0.6 is 0 Å². The number of hydrogen-bond acceptors (Lipinski definition) is 14. The van der Waals surface area contributed by atoms with Crippen LogP contribution < -0.4 is 48.7 Å². The van der Waals surface area contributed by atoms with E-state index >= 15 is 0 Å². The van der Waals surface area contributed by atoms with Gasteiger partial charge in [-0.3, -0.25) is 38.4 Å². The number of aliphatic carboxylic acids is 1. The Bertz CT molecular complexity index is 1510. The average Bonchev–Trinajstić information content (AvgIpc) is 3.16. The highest BCUT2D eigenvalue weighted by Crippen LogP contribution is 2.12. The fourth-order valence-electron chi connectivity index (χ4n) is 4.86. The van der Waals surface area contributed by atoms with Crippen molar-refractivity contribution in [2.45, 2.75) is 101 Å². The molecule has 7 atom stereocenters. The number of phenols is 1. The van der Waals surface area contributed by atoms with Crippen molar-refractivity contribution in [2.75, 3.05) is 33.9 Å². The van der Waals surface area contributed by atoms with Crippen LogP contribution in [0.2, 0.25) is 0 Å². The monoisotopic (exact) mass is 811 g/mol. The maximum atomic E-state index is 13.4.